The summed E-state index contributed by atoms with van der Waals surface area (Å²) in [5.74, 6) is 3.78. The third-order valence-corrected chi connectivity index (χ3v) is 4.41. The number of fused-ring (bicyclic) bond motifs is 3. The number of hydrogen-bond acceptors (Lipinski definition) is 4. The zero-order valence-corrected chi connectivity index (χ0v) is 11.4. The fraction of sp³-hybridized carbons (Fsp3) is 0.857. The van der Waals surface area contributed by atoms with Gasteiger partial charge in [-0.1, -0.05) is 19.0 Å². The minimum atomic E-state index is 0.518. The summed E-state index contributed by atoms with van der Waals surface area (Å²) in [5.41, 5.74) is 0. The van der Waals surface area contributed by atoms with Crippen LogP contribution in [0.1, 0.15) is 50.7 Å². The van der Waals surface area contributed by atoms with Gasteiger partial charge in [-0.3, -0.25) is 0 Å². The van der Waals surface area contributed by atoms with E-state index in [1.54, 1.807) is 0 Å². The highest BCUT2D eigenvalue weighted by molar-refractivity contribution is 5.04. The molecular formula is C14H23N3O. The average molecular weight is 249 g/mol. The molecule has 1 atom stereocenters. The van der Waals surface area contributed by atoms with Crippen molar-refractivity contribution < 1.29 is 4.52 Å². The highest BCUT2D eigenvalue weighted by Gasteiger charge is 2.37. The van der Waals surface area contributed by atoms with Gasteiger partial charge in [0.25, 0.3) is 0 Å². The molecule has 1 aromatic rings. The van der Waals surface area contributed by atoms with Gasteiger partial charge in [0.1, 0.15) is 0 Å². The first-order valence-electron chi connectivity index (χ1n) is 7.27. The molecule has 18 heavy (non-hydrogen) atoms. The van der Waals surface area contributed by atoms with Crippen molar-refractivity contribution in [2.75, 3.05) is 19.6 Å². The molecule has 3 fully saturated rings. The highest BCUT2D eigenvalue weighted by atomic mass is 16.5. The Morgan fingerprint density at radius 3 is 2.72 bits per heavy atom. The van der Waals surface area contributed by atoms with Crippen LogP contribution in [0.4, 0.5) is 0 Å². The smallest absolute Gasteiger partial charge is 0.226 e. The van der Waals surface area contributed by atoms with Gasteiger partial charge in [-0.15, -0.1) is 0 Å². The van der Waals surface area contributed by atoms with Crippen LogP contribution in [-0.2, 0) is 6.42 Å². The van der Waals surface area contributed by atoms with E-state index in [2.05, 4.69) is 28.9 Å². The summed E-state index contributed by atoms with van der Waals surface area (Å²) >= 11 is 0. The van der Waals surface area contributed by atoms with E-state index >= 15 is 0 Å². The van der Waals surface area contributed by atoms with Crippen molar-refractivity contribution in [1.82, 2.24) is 15.0 Å². The lowest BCUT2D eigenvalue weighted by Crippen LogP contribution is -2.46. The zero-order chi connectivity index (χ0) is 12.5. The van der Waals surface area contributed by atoms with E-state index in [9.17, 15) is 0 Å². The Balaban J connectivity index is 1.66. The standard InChI is InChI=1S/C14H23N3O/c1-10(2)3-4-13-15-14(16-18-13)12-9-17-7-5-11(12)6-8-17/h10-12H,3-9H2,1-2H3. The van der Waals surface area contributed by atoms with Gasteiger partial charge in [0.2, 0.25) is 5.89 Å². The summed E-state index contributed by atoms with van der Waals surface area (Å²) in [6, 6.07) is 0. The molecule has 0 saturated carbocycles. The molecule has 100 valence electrons. The Hall–Kier alpha value is -0.900. The van der Waals surface area contributed by atoms with Crippen LogP contribution in [0, 0.1) is 11.8 Å². The molecule has 4 rings (SSSR count). The molecule has 2 bridgehead atoms. The van der Waals surface area contributed by atoms with Crippen molar-refractivity contribution in [3.05, 3.63) is 11.7 Å². The molecule has 0 amide bonds. The van der Waals surface area contributed by atoms with E-state index < -0.39 is 0 Å². The molecular weight excluding hydrogens is 226 g/mol. The first kappa shape index (κ1) is 12.2. The van der Waals surface area contributed by atoms with Crippen LogP contribution in [0.5, 0.6) is 0 Å². The number of aryl methyl sites for hydroxylation is 1. The largest absolute Gasteiger partial charge is 0.339 e. The maximum atomic E-state index is 5.40. The maximum Gasteiger partial charge on any atom is 0.226 e. The van der Waals surface area contributed by atoms with E-state index in [0.717, 1.165) is 37.0 Å². The van der Waals surface area contributed by atoms with Crippen molar-refractivity contribution in [2.24, 2.45) is 11.8 Å². The fourth-order valence-corrected chi connectivity index (χ4v) is 3.19. The fourth-order valence-electron chi connectivity index (χ4n) is 3.19. The maximum absolute atomic E-state index is 5.40. The van der Waals surface area contributed by atoms with Crippen LogP contribution in [0.2, 0.25) is 0 Å². The molecule has 4 nitrogen and oxygen atoms in total. The molecule has 1 aromatic heterocycles. The molecule has 0 aliphatic carbocycles. The second-order valence-corrected chi connectivity index (χ2v) is 6.22. The Morgan fingerprint density at radius 2 is 2.11 bits per heavy atom. The number of rotatable bonds is 4. The number of aromatic nitrogens is 2. The third kappa shape index (κ3) is 2.44. The van der Waals surface area contributed by atoms with E-state index in [1.165, 1.54) is 25.9 Å². The topological polar surface area (TPSA) is 42.2 Å². The average Bonchev–Trinajstić information content (AvgIpc) is 2.86. The number of hydrogen-bond donors (Lipinski definition) is 0. The molecule has 0 spiro atoms. The Morgan fingerprint density at radius 1 is 1.33 bits per heavy atom. The van der Waals surface area contributed by atoms with E-state index in [1.807, 2.05) is 0 Å². The molecule has 4 heteroatoms. The molecule has 3 aliphatic rings. The van der Waals surface area contributed by atoms with Gasteiger partial charge in [0.05, 0.1) is 0 Å². The lowest BCUT2D eigenvalue weighted by atomic mass is 9.79. The summed E-state index contributed by atoms with van der Waals surface area (Å²) in [4.78, 5) is 7.16. The van der Waals surface area contributed by atoms with Gasteiger partial charge in [-0.25, -0.2) is 0 Å². The van der Waals surface area contributed by atoms with Crippen LogP contribution < -0.4 is 0 Å². The number of nitrogens with zero attached hydrogens (tertiary/aromatic N) is 3. The summed E-state index contributed by atoms with van der Waals surface area (Å²) in [6.07, 6.45) is 4.66. The van der Waals surface area contributed by atoms with Gasteiger partial charge in [-0.05, 0) is 44.2 Å². The lowest BCUT2D eigenvalue weighted by Gasteiger charge is -2.43. The summed E-state index contributed by atoms with van der Waals surface area (Å²) in [6.45, 7) is 8.11. The molecule has 1 unspecified atom stereocenters. The van der Waals surface area contributed by atoms with Crippen molar-refractivity contribution >= 4 is 0 Å². The molecule has 0 N–H and O–H groups in total. The molecule has 4 heterocycles. The van der Waals surface area contributed by atoms with Crippen molar-refractivity contribution in [1.29, 1.82) is 0 Å². The third-order valence-electron chi connectivity index (χ3n) is 4.41. The van der Waals surface area contributed by atoms with E-state index in [0.29, 0.717) is 11.8 Å². The lowest BCUT2D eigenvalue weighted by molar-refractivity contribution is 0.0825. The second-order valence-electron chi connectivity index (χ2n) is 6.22. The summed E-state index contributed by atoms with van der Waals surface area (Å²) in [7, 11) is 0. The van der Waals surface area contributed by atoms with Gasteiger partial charge in [-0.2, -0.15) is 4.98 Å². The Kier molecular flexibility index (Phi) is 3.37. The molecule has 0 radical (unpaired) electrons. The normalized spacial score (nSPS) is 31.2. The molecule has 3 aliphatic heterocycles. The monoisotopic (exact) mass is 249 g/mol. The van der Waals surface area contributed by atoms with Gasteiger partial charge in [0.15, 0.2) is 5.82 Å². The van der Waals surface area contributed by atoms with Crippen molar-refractivity contribution in [3.63, 3.8) is 0 Å². The second kappa shape index (κ2) is 5.00. The van der Waals surface area contributed by atoms with E-state index in [4.69, 9.17) is 4.52 Å². The predicted octanol–water partition coefficient (Wildman–Crippen LogP) is 2.47. The summed E-state index contributed by atoms with van der Waals surface area (Å²) in [5, 5.41) is 4.22. The van der Waals surface area contributed by atoms with Crippen LogP contribution >= 0.6 is 0 Å². The van der Waals surface area contributed by atoms with Crippen molar-refractivity contribution in [3.8, 4) is 0 Å². The van der Waals surface area contributed by atoms with Crippen LogP contribution in [-0.4, -0.2) is 34.7 Å². The van der Waals surface area contributed by atoms with Gasteiger partial charge in [0, 0.05) is 18.9 Å². The first-order valence-corrected chi connectivity index (χ1v) is 7.27. The van der Waals surface area contributed by atoms with Crippen LogP contribution in [0.15, 0.2) is 4.52 Å². The first-order chi connectivity index (χ1) is 8.72. The Bertz CT molecular complexity index is 393. The van der Waals surface area contributed by atoms with Gasteiger partial charge >= 0.3 is 0 Å². The highest BCUT2D eigenvalue weighted by Crippen LogP contribution is 2.37. The zero-order valence-electron chi connectivity index (χ0n) is 11.4. The minimum Gasteiger partial charge on any atom is -0.339 e. The van der Waals surface area contributed by atoms with Gasteiger partial charge < -0.3 is 9.42 Å². The minimum absolute atomic E-state index is 0.518. The molecule has 0 aromatic carbocycles. The quantitative estimate of drug-likeness (QED) is 0.822. The predicted molar refractivity (Wildman–Crippen MR) is 69.4 cm³/mol. The Labute approximate surface area is 109 Å². The summed E-state index contributed by atoms with van der Waals surface area (Å²) < 4.78 is 5.40. The van der Waals surface area contributed by atoms with Crippen molar-refractivity contribution in [2.45, 2.75) is 45.4 Å². The van der Waals surface area contributed by atoms with Crippen LogP contribution in [0.3, 0.4) is 0 Å². The SMILES string of the molecule is CC(C)CCc1nc(C2CN3CCC2CC3)no1. The van der Waals surface area contributed by atoms with Crippen LogP contribution in [0.25, 0.3) is 0 Å². The molecule has 3 saturated heterocycles. The van der Waals surface area contributed by atoms with E-state index in [-0.39, 0.29) is 0 Å². The number of piperidine rings is 3.